The highest BCUT2D eigenvalue weighted by Crippen LogP contribution is 2.23. The summed E-state index contributed by atoms with van der Waals surface area (Å²) in [6.45, 7) is 0. The van der Waals surface area contributed by atoms with Gasteiger partial charge < -0.3 is 4.74 Å². The molecule has 0 aliphatic carbocycles. The number of nitrogens with zero attached hydrogens (tertiary/aromatic N) is 3. The first-order valence-corrected chi connectivity index (χ1v) is 9.14. The van der Waals surface area contributed by atoms with Crippen LogP contribution in [0.2, 0.25) is 0 Å². The van der Waals surface area contributed by atoms with Gasteiger partial charge in [0.1, 0.15) is 17.0 Å². The Morgan fingerprint density at radius 1 is 0.793 bits per heavy atom. The van der Waals surface area contributed by atoms with Crippen LogP contribution in [0.5, 0.6) is 11.5 Å². The van der Waals surface area contributed by atoms with Gasteiger partial charge in [-0.3, -0.25) is 9.55 Å². The predicted octanol–water partition coefficient (Wildman–Crippen LogP) is 4.57. The van der Waals surface area contributed by atoms with E-state index in [1.807, 2.05) is 84.9 Å². The summed E-state index contributed by atoms with van der Waals surface area (Å²) in [6.07, 6.45) is 1.66. The second-order valence-electron chi connectivity index (χ2n) is 6.47. The van der Waals surface area contributed by atoms with E-state index in [2.05, 4.69) is 15.0 Å². The highest BCUT2D eigenvalue weighted by atomic mass is 16.5. The zero-order valence-electron chi connectivity index (χ0n) is 15.3. The largest absolute Gasteiger partial charge is 0.457 e. The predicted molar refractivity (Wildman–Crippen MR) is 111 cm³/mol. The lowest BCUT2D eigenvalue weighted by Gasteiger charge is -2.07. The van der Waals surface area contributed by atoms with Crippen molar-refractivity contribution in [3.63, 3.8) is 0 Å². The van der Waals surface area contributed by atoms with Gasteiger partial charge in [0.2, 0.25) is 0 Å². The van der Waals surface area contributed by atoms with Crippen LogP contribution in [0.25, 0.3) is 28.2 Å². The number of hydrogen-bond acceptors (Lipinski definition) is 4. The molecule has 0 fully saturated rings. The zero-order chi connectivity index (χ0) is 19.6. The first kappa shape index (κ1) is 16.9. The summed E-state index contributed by atoms with van der Waals surface area (Å²) in [4.78, 5) is 24.3. The number of aromatic nitrogens is 4. The van der Waals surface area contributed by atoms with E-state index in [9.17, 15) is 4.79 Å². The van der Waals surface area contributed by atoms with Crippen molar-refractivity contribution in [2.75, 3.05) is 0 Å². The number of aromatic amines is 1. The van der Waals surface area contributed by atoms with Gasteiger partial charge in [-0.15, -0.1) is 0 Å². The second-order valence-corrected chi connectivity index (χ2v) is 6.47. The van der Waals surface area contributed by atoms with Gasteiger partial charge in [-0.2, -0.15) is 0 Å². The molecule has 29 heavy (non-hydrogen) atoms. The highest BCUT2D eigenvalue weighted by molar-refractivity contribution is 5.75. The Labute approximate surface area is 166 Å². The smallest absolute Gasteiger partial charge is 0.332 e. The molecule has 0 saturated carbocycles. The molecule has 5 aromatic rings. The molecule has 5 rings (SSSR count). The van der Waals surface area contributed by atoms with Crippen LogP contribution in [0.3, 0.4) is 0 Å². The topological polar surface area (TPSA) is 72.8 Å². The molecule has 0 unspecified atom stereocenters. The molecule has 0 bridgehead atoms. The minimum atomic E-state index is -0.267. The van der Waals surface area contributed by atoms with Crippen LogP contribution in [0.15, 0.2) is 95.9 Å². The summed E-state index contributed by atoms with van der Waals surface area (Å²) in [6, 6.07) is 26.5. The van der Waals surface area contributed by atoms with E-state index in [4.69, 9.17) is 4.74 Å². The monoisotopic (exact) mass is 380 g/mol. The fraction of sp³-hybridized carbons (Fsp3) is 0. The molecule has 1 N–H and O–H groups in total. The number of fused-ring (bicyclic) bond motifs is 1. The van der Waals surface area contributed by atoms with E-state index in [1.165, 1.54) is 0 Å². The third-order valence-electron chi connectivity index (χ3n) is 4.54. The SMILES string of the molecule is O=c1[nH]c2nc(-c3ccccc3)ncc2n1-c1ccc(Oc2ccccc2)cc1. The maximum Gasteiger partial charge on any atom is 0.332 e. The van der Waals surface area contributed by atoms with Crippen molar-refractivity contribution in [1.29, 1.82) is 0 Å². The van der Waals surface area contributed by atoms with Crippen molar-refractivity contribution in [2.45, 2.75) is 0 Å². The Morgan fingerprint density at radius 2 is 1.45 bits per heavy atom. The third kappa shape index (κ3) is 3.27. The lowest BCUT2D eigenvalue weighted by Crippen LogP contribution is -2.14. The molecular formula is C23H16N4O2. The Bertz CT molecular complexity index is 1320. The molecule has 0 radical (unpaired) electrons. The summed E-state index contributed by atoms with van der Waals surface area (Å²) in [5.41, 5.74) is 2.44. The Morgan fingerprint density at radius 3 is 2.17 bits per heavy atom. The average molecular weight is 380 g/mol. The van der Waals surface area contributed by atoms with Crippen LogP contribution in [-0.2, 0) is 0 Å². The van der Waals surface area contributed by atoms with Crippen LogP contribution in [0.4, 0.5) is 0 Å². The summed E-state index contributed by atoms with van der Waals surface area (Å²) in [5.74, 6) is 2.01. The molecule has 0 saturated heterocycles. The molecule has 6 heteroatoms. The van der Waals surface area contributed by atoms with Gasteiger partial charge >= 0.3 is 5.69 Å². The van der Waals surface area contributed by atoms with Crippen molar-refractivity contribution in [3.8, 4) is 28.6 Å². The number of nitrogens with one attached hydrogen (secondary N) is 1. The molecule has 0 aliphatic heterocycles. The number of para-hydroxylation sites is 1. The van der Waals surface area contributed by atoms with Crippen molar-refractivity contribution in [2.24, 2.45) is 0 Å². The number of benzene rings is 3. The molecular weight excluding hydrogens is 364 g/mol. The first-order chi connectivity index (χ1) is 14.3. The molecule has 0 atom stereocenters. The Hall–Kier alpha value is -4.19. The maximum absolute atomic E-state index is 12.6. The van der Waals surface area contributed by atoms with E-state index in [0.717, 1.165) is 11.3 Å². The summed E-state index contributed by atoms with van der Waals surface area (Å²) >= 11 is 0. The molecule has 0 amide bonds. The molecule has 0 aliphatic rings. The number of ether oxygens (including phenoxy) is 1. The molecule has 140 valence electrons. The van der Waals surface area contributed by atoms with Crippen molar-refractivity contribution >= 4 is 11.2 Å². The van der Waals surface area contributed by atoms with Gasteiger partial charge in [0.05, 0.1) is 11.9 Å². The highest BCUT2D eigenvalue weighted by Gasteiger charge is 2.12. The number of rotatable bonds is 4. The van der Waals surface area contributed by atoms with Crippen LogP contribution in [-0.4, -0.2) is 19.5 Å². The van der Waals surface area contributed by atoms with Crippen molar-refractivity contribution in [3.05, 3.63) is 102 Å². The maximum atomic E-state index is 12.6. The van der Waals surface area contributed by atoms with E-state index < -0.39 is 0 Å². The fourth-order valence-electron chi connectivity index (χ4n) is 3.17. The summed E-state index contributed by atoms with van der Waals surface area (Å²) in [7, 11) is 0. The molecule has 2 heterocycles. The molecule has 6 nitrogen and oxygen atoms in total. The van der Waals surface area contributed by atoms with Crippen molar-refractivity contribution in [1.82, 2.24) is 19.5 Å². The standard InChI is InChI=1S/C23H16N4O2/c28-23-26-22-20(15-24-21(25-22)16-7-3-1-4-8-16)27(23)17-11-13-19(14-12-17)29-18-9-5-2-6-10-18/h1-15H,(H,24,25,26,28). The summed E-state index contributed by atoms with van der Waals surface area (Å²) in [5, 5.41) is 0. The van der Waals surface area contributed by atoms with Crippen LogP contribution in [0.1, 0.15) is 0 Å². The van der Waals surface area contributed by atoms with Crippen LogP contribution < -0.4 is 10.4 Å². The Balaban J connectivity index is 1.50. The number of imidazole rings is 1. The fourth-order valence-corrected chi connectivity index (χ4v) is 3.17. The lowest BCUT2D eigenvalue weighted by molar-refractivity contribution is 0.482. The Kier molecular flexibility index (Phi) is 4.14. The van der Waals surface area contributed by atoms with Gasteiger partial charge in [-0.25, -0.2) is 14.8 Å². The first-order valence-electron chi connectivity index (χ1n) is 9.14. The van der Waals surface area contributed by atoms with Gasteiger partial charge in [0, 0.05) is 5.56 Å². The van der Waals surface area contributed by atoms with E-state index in [0.29, 0.717) is 28.4 Å². The van der Waals surface area contributed by atoms with Crippen molar-refractivity contribution < 1.29 is 4.74 Å². The average Bonchev–Trinajstić information content (AvgIpc) is 3.10. The van der Waals surface area contributed by atoms with Crippen LogP contribution in [0, 0.1) is 0 Å². The molecule has 2 aromatic heterocycles. The number of hydrogen-bond donors (Lipinski definition) is 1. The second kappa shape index (κ2) is 7.09. The zero-order valence-corrected chi connectivity index (χ0v) is 15.3. The molecule has 3 aromatic carbocycles. The summed E-state index contributed by atoms with van der Waals surface area (Å²) < 4.78 is 7.37. The van der Waals surface area contributed by atoms with Gasteiger partial charge in [0.25, 0.3) is 0 Å². The van der Waals surface area contributed by atoms with Gasteiger partial charge in [0.15, 0.2) is 11.5 Å². The third-order valence-corrected chi connectivity index (χ3v) is 4.54. The van der Waals surface area contributed by atoms with Crippen LogP contribution >= 0.6 is 0 Å². The lowest BCUT2D eigenvalue weighted by atomic mass is 10.2. The quantitative estimate of drug-likeness (QED) is 0.496. The van der Waals surface area contributed by atoms with E-state index in [-0.39, 0.29) is 5.69 Å². The number of H-pyrrole nitrogens is 1. The van der Waals surface area contributed by atoms with E-state index >= 15 is 0 Å². The van der Waals surface area contributed by atoms with E-state index in [1.54, 1.807) is 10.8 Å². The molecule has 0 spiro atoms. The normalized spacial score (nSPS) is 10.9. The van der Waals surface area contributed by atoms with Gasteiger partial charge in [-0.05, 0) is 36.4 Å². The minimum Gasteiger partial charge on any atom is -0.457 e. The van der Waals surface area contributed by atoms with Gasteiger partial charge in [-0.1, -0.05) is 48.5 Å². The minimum absolute atomic E-state index is 0.267.